The second-order valence-corrected chi connectivity index (χ2v) is 7.69. The molecule has 5 rings (SSSR count). The Morgan fingerprint density at radius 3 is 2.63 bits per heavy atom. The number of rotatable bonds is 3. The minimum atomic E-state index is 0.719. The van der Waals surface area contributed by atoms with Crippen LogP contribution in [0.15, 0.2) is 48.5 Å². The molecule has 0 bridgehead atoms. The molecule has 6 heteroatoms. The number of nitrogens with one attached hydrogen (secondary N) is 3. The van der Waals surface area contributed by atoms with E-state index >= 15 is 0 Å². The van der Waals surface area contributed by atoms with E-state index in [1.54, 1.807) is 0 Å². The SMILES string of the molecule is CN1CCN(c2ccc3c4[nH][nH]c(Nc5cccc(Cl)c5)c-4cc3c2)CC1. The molecule has 0 radical (unpaired) electrons. The second-order valence-electron chi connectivity index (χ2n) is 7.26. The van der Waals surface area contributed by atoms with E-state index in [1.165, 1.54) is 16.5 Å². The molecule has 3 N–H and O–H groups in total. The Labute approximate surface area is 163 Å². The fraction of sp³-hybridized carbons (Fsp3) is 0.238. The number of anilines is 3. The molecule has 0 saturated carbocycles. The molecule has 1 aliphatic carbocycles. The first-order valence-electron chi connectivity index (χ1n) is 9.26. The van der Waals surface area contributed by atoms with Crippen LogP contribution in [-0.4, -0.2) is 48.3 Å². The van der Waals surface area contributed by atoms with Gasteiger partial charge < -0.3 is 15.1 Å². The Balaban J connectivity index is 1.48. The third-order valence-electron chi connectivity index (χ3n) is 5.42. The third-order valence-corrected chi connectivity index (χ3v) is 5.65. The summed E-state index contributed by atoms with van der Waals surface area (Å²) in [6.07, 6.45) is 0. The summed E-state index contributed by atoms with van der Waals surface area (Å²) in [5.41, 5.74) is 4.54. The molecule has 2 aromatic carbocycles. The molecule has 0 amide bonds. The van der Waals surface area contributed by atoms with Gasteiger partial charge in [0.2, 0.25) is 0 Å². The van der Waals surface area contributed by atoms with Gasteiger partial charge in [0.15, 0.2) is 0 Å². The van der Waals surface area contributed by atoms with Crippen molar-refractivity contribution in [3.05, 3.63) is 53.6 Å². The number of H-pyrrole nitrogens is 2. The number of fused-ring (bicyclic) bond motifs is 3. The molecule has 2 heterocycles. The zero-order valence-corrected chi connectivity index (χ0v) is 16.0. The second kappa shape index (κ2) is 6.51. The van der Waals surface area contributed by atoms with E-state index < -0.39 is 0 Å². The van der Waals surface area contributed by atoms with Crippen LogP contribution in [0.25, 0.3) is 22.0 Å². The Morgan fingerprint density at radius 1 is 0.963 bits per heavy atom. The predicted octanol–water partition coefficient (Wildman–Crippen LogP) is 4.75. The number of nitrogens with zero attached hydrogens (tertiary/aromatic N) is 2. The van der Waals surface area contributed by atoms with E-state index in [-0.39, 0.29) is 0 Å². The highest BCUT2D eigenvalue weighted by Gasteiger charge is 2.19. The van der Waals surface area contributed by atoms with Gasteiger partial charge in [0.25, 0.3) is 0 Å². The van der Waals surface area contributed by atoms with E-state index in [0.29, 0.717) is 0 Å². The molecule has 138 valence electrons. The standard InChI is InChI=1S/C21H22ClN5/c1-26-7-9-27(10-8-26)17-5-6-18-14(11-17)12-19-20(18)24-25-21(19)23-16-4-2-3-15(22)13-16/h2-6,11-13,23-25H,7-10H2,1H3. The van der Waals surface area contributed by atoms with Crippen molar-refractivity contribution < 1.29 is 0 Å². The molecule has 2 aliphatic heterocycles. The fourth-order valence-electron chi connectivity index (χ4n) is 3.86. The van der Waals surface area contributed by atoms with E-state index in [2.05, 4.69) is 56.6 Å². The highest BCUT2D eigenvalue weighted by molar-refractivity contribution is 6.30. The van der Waals surface area contributed by atoms with Gasteiger partial charge in [-0.2, -0.15) is 0 Å². The highest BCUT2D eigenvalue weighted by Crippen LogP contribution is 2.39. The minimum Gasteiger partial charge on any atom is -0.369 e. The van der Waals surface area contributed by atoms with Gasteiger partial charge in [-0.25, -0.2) is 0 Å². The van der Waals surface area contributed by atoms with Gasteiger partial charge in [-0.1, -0.05) is 23.7 Å². The van der Waals surface area contributed by atoms with Crippen molar-refractivity contribution in [1.29, 1.82) is 0 Å². The van der Waals surface area contributed by atoms with Crippen LogP contribution in [0.2, 0.25) is 5.02 Å². The zero-order valence-electron chi connectivity index (χ0n) is 15.2. The Morgan fingerprint density at radius 2 is 1.81 bits per heavy atom. The van der Waals surface area contributed by atoms with Crippen LogP contribution in [0.5, 0.6) is 0 Å². The average Bonchev–Trinajstić information content (AvgIpc) is 3.22. The molecule has 1 fully saturated rings. The number of halogens is 1. The Hall–Kier alpha value is -2.63. The predicted molar refractivity (Wildman–Crippen MR) is 114 cm³/mol. The Kier molecular flexibility index (Phi) is 3.99. The first-order valence-corrected chi connectivity index (χ1v) is 9.64. The molecule has 0 unspecified atom stereocenters. The van der Waals surface area contributed by atoms with Gasteiger partial charge in [-0.15, -0.1) is 0 Å². The molecular weight excluding hydrogens is 358 g/mol. The molecule has 3 aliphatic rings. The van der Waals surface area contributed by atoms with Crippen LogP contribution in [0, 0.1) is 0 Å². The summed E-state index contributed by atoms with van der Waals surface area (Å²) in [7, 11) is 2.19. The topological polar surface area (TPSA) is 50.1 Å². The van der Waals surface area contributed by atoms with Crippen molar-refractivity contribution >= 4 is 39.6 Å². The quantitative estimate of drug-likeness (QED) is 0.481. The summed E-state index contributed by atoms with van der Waals surface area (Å²) in [5, 5.41) is 13.2. The molecule has 5 nitrogen and oxygen atoms in total. The zero-order chi connectivity index (χ0) is 18.4. The maximum Gasteiger partial charge on any atom is 0.132 e. The molecule has 27 heavy (non-hydrogen) atoms. The summed E-state index contributed by atoms with van der Waals surface area (Å²) in [5.74, 6) is 0.949. The van der Waals surface area contributed by atoms with Gasteiger partial charge in [0, 0.05) is 53.5 Å². The van der Waals surface area contributed by atoms with Gasteiger partial charge >= 0.3 is 0 Å². The number of piperazine rings is 1. The lowest BCUT2D eigenvalue weighted by atomic mass is 10.1. The number of aromatic amines is 2. The van der Waals surface area contributed by atoms with Crippen molar-refractivity contribution in [3.8, 4) is 11.3 Å². The maximum atomic E-state index is 6.10. The van der Waals surface area contributed by atoms with Crippen molar-refractivity contribution in [2.75, 3.05) is 43.4 Å². The van der Waals surface area contributed by atoms with Crippen LogP contribution in [0.3, 0.4) is 0 Å². The van der Waals surface area contributed by atoms with Crippen LogP contribution in [0.1, 0.15) is 0 Å². The summed E-state index contributed by atoms with van der Waals surface area (Å²) in [4.78, 5) is 4.85. The van der Waals surface area contributed by atoms with E-state index in [4.69, 9.17) is 11.6 Å². The first kappa shape index (κ1) is 16.5. The summed E-state index contributed by atoms with van der Waals surface area (Å²) in [6.45, 7) is 4.39. The van der Waals surface area contributed by atoms with E-state index in [9.17, 15) is 0 Å². The number of aromatic nitrogens is 2. The Bertz CT molecular complexity index is 1060. The fourth-order valence-corrected chi connectivity index (χ4v) is 4.05. The third kappa shape index (κ3) is 3.03. The molecule has 2 aromatic rings. The average molecular weight is 380 g/mol. The van der Waals surface area contributed by atoms with E-state index in [0.717, 1.165) is 54.0 Å². The molecule has 0 aromatic heterocycles. The minimum absolute atomic E-state index is 0.719. The molecule has 1 saturated heterocycles. The van der Waals surface area contributed by atoms with Gasteiger partial charge in [0.05, 0.1) is 5.69 Å². The van der Waals surface area contributed by atoms with Crippen LogP contribution < -0.4 is 10.2 Å². The number of hydrogen-bond acceptors (Lipinski definition) is 3. The van der Waals surface area contributed by atoms with Crippen LogP contribution >= 0.6 is 11.6 Å². The summed E-state index contributed by atoms with van der Waals surface area (Å²) >= 11 is 6.10. The first-order chi connectivity index (χ1) is 13.2. The number of likely N-dealkylation sites (N-methyl/N-ethyl adjacent to an activating group) is 1. The van der Waals surface area contributed by atoms with E-state index in [1.807, 2.05) is 24.3 Å². The van der Waals surface area contributed by atoms with Crippen molar-refractivity contribution in [2.45, 2.75) is 0 Å². The van der Waals surface area contributed by atoms with Gasteiger partial charge in [0.1, 0.15) is 5.82 Å². The van der Waals surface area contributed by atoms with Gasteiger partial charge in [-0.3, -0.25) is 10.2 Å². The van der Waals surface area contributed by atoms with Crippen molar-refractivity contribution in [1.82, 2.24) is 15.1 Å². The van der Waals surface area contributed by atoms with Crippen molar-refractivity contribution in [3.63, 3.8) is 0 Å². The number of hydrogen-bond donors (Lipinski definition) is 3. The van der Waals surface area contributed by atoms with Gasteiger partial charge in [-0.05, 0) is 48.8 Å². The smallest absolute Gasteiger partial charge is 0.132 e. The van der Waals surface area contributed by atoms with Crippen LogP contribution in [0.4, 0.5) is 17.2 Å². The maximum absolute atomic E-state index is 6.10. The lowest BCUT2D eigenvalue weighted by Crippen LogP contribution is -2.44. The molecule has 0 atom stereocenters. The summed E-state index contributed by atoms with van der Waals surface area (Å²) < 4.78 is 0. The summed E-state index contributed by atoms with van der Waals surface area (Å²) in [6, 6.07) is 16.7. The monoisotopic (exact) mass is 379 g/mol. The van der Waals surface area contributed by atoms with Crippen LogP contribution in [-0.2, 0) is 0 Å². The van der Waals surface area contributed by atoms with Crippen molar-refractivity contribution in [2.24, 2.45) is 0 Å². The lowest BCUT2D eigenvalue weighted by Gasteiger charge is -2.34. The molecular formula is C21H22ClN5. The lowest BCUT2D eigenvalue weighted by molar-refractivity contribution is 0.313. The normalized spacial score (nSPS) is 15.7. The number of benzene rings is 2. The highest BCUT2D eigenvalue weighted by atomic mass is 35.5. The largest absolute Gasteiger partial charge is 0.369 e. The molecule has 0 spiro atoms.